The van der Waals surface area contributed by atoms with Crippen LogP contribution in [0.3, 0.4) is 0 Å². The van der Waals surface area contributed by atoms with Crippen LogP contribution in [0, 0.1) is 6.07 Å². The van der Waals surface area contributed by atoms with Crippen LogP contribution in [0.5, 0.6) is 0 Å². The van der Waals surface area contributed by atoms with Gasteiger partial charge in [-0.3, -0.25) is 0 Å². The molecule has 0 aliphatic carbocycles. The summed E-state index contributed by atoms with van der Waals surface area (Å²) in [6.45, 7) is 20.8. The highest BCUT2D eigenvalue weighted by Gasteiger charge is 2.29. The Morgan fingerprint density at radius 1 is 0.667 bits per heavy atom. The summed E-state index contributed by atoms with van der Waals surface area (Å²) in [7, 11) is 0. The summed E-state index contributed by atoms with van der Waals surface area (Å²) in [6.07, 6.45) is 0. The van der Waals surface area contributed by atoms with Crippen molar-refractivity contribution in [3.8, 4) is 11.1 Å². The van der Waals surface area contributed by atoms with Crippen molar-refractivity contribution in [3.05, 3.63) is 59.2 Å². The molecule has 0 amide bonds. The molecule has 0 atom stereocenters. The van der Waals surface area contributed by atoms with E-state index in [9.17, 15) is 0 Å². The normalized spacial score (nSPS) is 13.2. The predicted molar refractivity (Wildman–Crippen MR) is 107 cm³/mol. The van der Waals surface area contributed by atoms with Gasteiger partial charge in [-0.1, -0.05) is 98.7 Å². The molecule has 0 nitrogen and oxygen atoms in total. The van der Waals surface area contributed by atoms with Crippen LogP contribution < -0.4 is 0 Å². The SMILES string of the molecule is CC(C)(C)c1cc(C(C)(C)C)c(-c2[c]cccc2)c(C(C)(C)C)c1. The highest BCUT2D eigenvalue weighted by molar-refractivity contribution is 5.74. The van der Waals surface area contributed by atoms with Crippen LogP contribution >= 0.6 is 0 Å². The summed E-state index contributed by atoms with van der Waals surface area (Å²) in [4.78, 5) is 0. The lowest BCUT2D eigenvalue weighted by atomic mass is 9.71. The highest BCUT2D eigenvalue weighted by atomic mass is 14.3. The Bertz CT molecular complexity index is 663. The largest absolute Gasteiger partial charge is 0.0616 e. The zero-order chi connectivity index (χ0) is 18.3. The van der Waals surface area contributed by atoms with Crippen LogP contribution in [-0.2, 0) is 16.2 Å². The minimum absolute atomic E-state index is 0.0836. The second kappa shape index (κ2) is 6.06. The van der Waals surface area contributed by atoms with Crippen LogP contribution in [0.1, 0.15) is 79.0 Å². The fourth-order valence-corrected chi connectivity index (χ4v) is 3.10. The van der Waals surface area contributed by atoms with Gasteiger partial charge >= 0.3 is 0 Å². The fraction of sp³-hybridized carbons (Fsp3) is 0.500. The summed E-state index contributed by atoms with van der Waals surface area (Å²) >= 11 is 0. The molecule has 0 aromatic heterocycles. The second-order valence-corrected chi connectivity index (χ2v) is 9.97. The molecule has 0 heteroatoms. The summed E-state index contributed by atoms with van der Waals surface area (Å²) in [5.74, 6) is 0. The first-order valence-corrected chi connectivity index (χ1v) is 8.98. The van der Waals surface area contributed by atoms with E-state index in [1.165, 1.54) is 27.8 Å². The van der Waals surface area contributed by atoms with Crippen molar-refractivity contribution in [1.29, 1.82) is 0 Å². The highest BCUT2D eigenvalue weighted by Crippen LogP contribution is 2.43. The Kier molecular flexibility index (Phi) is 4.74. The first-order chi connectivity index (χ1) is 10.8. The van der Waals surface area contributed by atoms with Crippen LogP contribution in [0.4, 0.5) is 0 Å². The third-order valence-corrected chi connectivity index (χ3v) is 4.60. The van der Waals surface area contributed by atoms with E-state index in [0.717, 1.165) is 0 Å². The molecule has 0 spiro atoms. The lowest BCUT2D eigenvalue weighted by Gasteiger charge is -2.33. The average Bonchev–Trinajstić information content (AvgIpc) is 2.44. The number of rotatable bonds is 1. The third-order valence-electron chi connectivity index (χ3n) is 4.60. The van der Waals surface area contributed by atoms with Gasteiger partial charge < -0.3 is 0 Å². The van der Waals surface area contributed by atoms with Crippen molar-refractivity contribution in [2.24, 2.45) is 0 Å². The molecule has 0 aliphatic rings. The molecule has 0 bridgehead atoms. The Morgan fingerprint density at radius 3 is 1.50 bits per heavy atom. The number of hydrogen-bond donors (Lipinski definition) is 0. The molecule has 0 heterocycles. The lowest BCUT2D eigenvalue weighted by Crippen LogP contribution is -2.22. The first-order valence-electron chi connectivity index (χ1n) is 8.98. The first kappa shape index (κ1) is 18.8. The molecule has 1 radical (unpaired) electrons. The minimum Gasteiger partial charge on any atom is -0.0616 e. The molecule has 0 fully saturated rings. The van der Waals surface area contributed by atoms with Gasteiger partial charge in [-0.05, 0) is 50.1 Å². The smallest absolute Gasteiger partial charge is 0.00990 e. The van der Waals surface area contributed by atoms with E-state index < -0.39 is 0 Å². The van der Waals surface area contributed by atoms with E-state index in [1.54, 1.807) is 0 Å². The van der Waals surface area contributed by atoms with E-state index in [4.69, 9.17) is 0 Å². The Balaban J connectivity index is 2.94. The predicted octanol–water partition coefficient (Wildman–Crippen LogP) is 7.05. The quantitative estimate of drug-likeness (QED) is 0.528. The van der Waals surface area contributed by atoms with Gasteiger partial charge in [0.2, 0.25) is 0 Å². The summed E-state index contributed by atoms with van der Waals surface area (Å²) in [5.41, 5.74) is 7.12. The van der Waals surface area contributed by atoms with Crippen molar-refractivity contribution in [2.75, 3.05) is 0 Å². The van der Waals surface area contributed by atoms with Crippen LogP contribution in [0.15, 0.2) is 36.4 Å². The molecular formula is C24H33. The van der Waals surface area contributed by atoms with E-state index >= 15 is 0 Å². The van der Waals surface area contributed by atoms with Gasteiger partial charge in [0.05, 0.1) is 0 Å². The summed E-state index contributed by atoms with van der Waals surface area (Å²) in [6, 6.07) is 16.7. The third kappa shape index (κ3) is 3.91. The maximum atomic E-state index is 3.47. The fourth-order valence-electron chi connectivity index (χ4n) is 3.10. The van der Waals surface area contributed by atoms with Gasteiger partial charge in [0.15, 0.2) is 0 Å². The molecule has 0 unspecified atom stereocenters. The Morgan fingerprint density at radius 2 is 1.17 bits per heavy atom. The van der Waals surface area contributed by atoms with Crippen molar-refractivity contribution in [1.82, 2.24) is 0 Å². The Hall–Kier alpha value is -1.56. The van der Waals surface area contributed by atoms with Crippen LogP contribution in [0.25, 0.3) is 11.1 Å². The Labute approximate surface area is 149 Å². The molecule has 129 valence electrons. The molecular weight excluding hydrogens is 288 g/mol. The average molecular weight is 322 g/mol. The molecule has 0 aliphatic heterocycles. The molecule has 0 N–H and O–H groups in total. The van der Waals surface area contributed by atoms with Gasteiger partial charge in [-0.15, -0.1) is 0 Å². The zero-order valence-corrected chi connectivity index (χ0v) is 17.0. The molecule has 0 saturated carbocycles. The van der Waals surface area contributed by atoms with Gasteiger partial charge in [0, 0.05) is 0 Å². The lowest BCUT2D eigenvalue weighted by molar-refractivity contribution is 0.550. The maximum absolute atomic E-state index is 3.47. The van der Waals surface area contributed by atoms with Crippen molar-refractivity contribution >= 4 is 0 Å². The standard InChI is InChI=1S/C24H33/c1-22(2,3)18-15-19(23(4,5)6)21(17-13-11-10-12-14-17)20(16-18)24(7,8)9/h10-13,15-16H,1-9H3. The van der Waals surface area contributed by atoms with E-state index in [2.05, 4.69) is 92.6 Å². The van der Waals surface area contributed by atoms with Gasteiger partial charge in [0.25, 0.3) is 0 Å². The van der Waals surface area contributed by atoms with Gasteiger partial charge in [-0.2, -0.15) is 0 Å². The maximum Gasteiger partial charge on any atom is -0.00990 e. The van der Waals surface area contributed by atoms with Gasteiger partial charge in [-0.25, -0.2) is 0 Å². The minimum atomic E-state index is 0.0836. The van der Waals surface area contributed by atoms with E-state index in [-0.39, 0.29) is 16.2 Å². The van der Waals surface area contributed by atoms with E-state index in [0.29, 0.717) is 0 Å². The zero-order valence-electron chi connectivity index (χ0n) is 17.0. The second-order valence-electron chi connectivity index (χ2n) is 9.97. The van der Waals surface area contributed by atoms with Crippen LogP contribution in [0.2, 0.25) is 0 Å². The number of hydrogen-bond acceptors (Lipinski definition) is 0. The van der Waals surface area contributed by atoms with Crippen molar-refractivity contribution in [2.45, 2.75) is 78.6 Å². The number of benzene rings is 2. The molecule has 0 saturated heterocycles. The summed E-state index contributed by atoms with van der Waals surface area (Å²) < 4.78 is 0. The van der Waals surface area contributed by atoms with Crippen LogP contribution in [-0.4, -0.2) is 0 Å². The van der Waals surface area contributed by atoms with Gasteiger partial charge in [0.1, 0.15) is 0 Å². The molecule has 2 aromatic rings. The van der Waals surface area contributed by atoms with Crippen molar-refractivity contribution in [3.63, 3.8) is 0 Å². The van der Waals surface area contributed by atoms with E-state index in [1.807, 2.05) is 12.1 Å². The van der Waals surface area contributed by atoms with Crippen molar-refractivity contribution < 1.29 is 0 Å². The molecule has 2 rings (SSSR count). The summed E-state index contributed by atoms with van der Waals surface area (Å²) in [5, 5.41) is 0. The molecule has 2 aromatic carbocycles. The molecule has 24 heavy (non-hydrogen) atoms. The monoisotopic (exact) mass is 321 g/mol. The topological polar surface area (TPSA) is 0 Å².